The summed E-state index contributed by atoms with van der Waals surface area (Å²) in [5.74, 6) is -2.48. The van der Waals surface area contributed by atoms with Crippen LogP contribution in [-0.4, -0.2) is 59.5 Å². The highest BCUT2D eigenvalue weighted by Gasteiger charge is 2.51. The summed E-state index contributed by atoms with van der Waals surface area (Å²) < 4.78 is 29.2. The van der Waals surface area contributed by atoms with Crippen LogP contribution in [0.4, 0.5) is 0 Å². The zero-order chi connectivity index (χ0) is 30.3. The minimum absolute atomic E-state index is 0.180. The van der Waals surface area contributed by atoms with Crippen LogP contribution in [0.2, 0.25) is 0 Å². The minimum Gasteiger partial charge on any atom is -0.490 e. The first-order valence-corrected chi connectivity index (χ1v) is 13.1. The SMILES string of the molecule is COc1cn([C@@H]2O[C@H](COC(=O)c3ccccc3)[C@@H](OC(=O)c3ccccc3)[C@H]2OC(=O)c2ccccc2)c(=O)[nH]c1=O. The molecule has 0 aliphatic carbocycles. The molecule has 3 aromatic carbocycles. The molecule has 1 saturated heterocycles. The summed E-state index contributed by atoms with van der Waals surface area (Å²) in [6.07, 6.45) is -4.35. The molecule has 220 valence electrons. The van der Waals surface area contributed by atoms with Crippen molar-refractivity contribution in [1.82, 2.24) is 9.55 Å². The number of esters is 3. The molecule has 1 aromatic heterocycles. The molecule has 4 aromatic rings. The first-order valence-electron chi connectivity index (χ1n) is 13.1. The van der Waals surface area contributed by atoms with Crippen LogP contribution in [0, 0.1) is 0 Å². The van der Waals surface area contributed by atoms with Crippen molar-refractivity contribution < 1.29 is 38.1 Å². The Bertz CT molecular complexity index is 1700. The van der Waals surface area contributed by atoms with E-state index in [1.54, 1.807) is 66.7 Å². The predicted octanol–water partition coefficient (Wildman–Crippen LogP) is 2.75. The van der Waals surface area contributed by atoms with Gasteiger partial charge >= 0.3 is 23.6 Å². The molecule has 1 aliphatic rings. The average molecular weight is 587 g/mol. The molecule has 5 rings (SSSR count). The molecule has 0 amide bonds. The number of hydrogen-bond acceptors (Lipinski definition) is 10. The Morgan fingerprint density at radius 1 is 0.744 bits per heavy atom. The van der Waals surface area contributed by atoms with Crippen LogP contribution in [0.3, 0.4) is 0 Å². The topological polar surface area (TPSA) is 152 Å². The maximum absolute atomic E-state index is 13.2. The highest BCUT2D eigenvalue weighted by atomic mass is 16.7. The van der Waals surface area contributed by atoms with E-state index in [9.17, 15) is 24.0 Å². The molecule has 0 unspecified atom stereocenters. The monoisotopic (exact) mass is 586 g/mol. The largest absolute Gasteiger partial charge is 0.490 e. The molecular weight excluding hydrogens is 560 g/mol. The summed E-state index contributed by atoms with van der Waals surface area (Å²) in [6, 6.07) is 24.3. The van der Waals surface area contributed by atoms with Gasteiger partial charge in [0.25, 0.3) is 5.56 Å². The molecule has 12 nitrogen and oxygen atoms in total. The first-order chi connectivity index (χ1) is 20.9. The van der Waals surface area contributed by atoms with E-state index in [1.165, 1.54) is 31.4 Å². The van der Waals surface area contributed by atoms with Gasteiger partial charge in [0.05, 0.1) is 30.0 Å². The van der Waals surface area contributed by atoms with Crippen LogP contribution in [0.15, 0.2) is 107 Å². The third-order valence-corrected chi connectivity index (χ3v) is 6.61. The lowest BCUT2D eigenvalue weighted by molar-refractivity contribution is -0.0642. The van der Waals surface area contributed by atoms with E-state index in [0.29, 0.717) is 0 Å². The summed E-state index contributed by atoms with van der Waals surface area (Å²) in [5.41, 5.74) is -1.06. The second-order valence-corrected chi connectivity index (χ2v) is 9.37. The van der Waals surface area contributed by atoms with Crippen molar-refractivity contribution >= 4 is 17.9 Å². The summed E-state index contributed by atoms with van der Waals surface area (Å²) in [4.78, 5) is 66.4. The average Bonchev–Trinajstić information content (AvgIpc) is 3.36. The molecular formula is C31H26N2O10. The number of nitrogens with zero attached hydrogens (tertiary/aromatic N) is 1. The van der Waals surface area contributed by atoms with Gasteiger partial charge in [0.1, 0.15) is 12.7 Å². The molecule has 0 bridgehead atoms. The van der Waals surface area contributed by atoms with Gasteiger partial charge in [0, 0.05) is 0 Å². The first kappa shape index (κ1) is 29.0. The zero-order valence-corrected chi connectivity index (χ0v) is 22.8. The van der Waals surface area contributed by atoms with Gasteiger partial charge in [-0.15, -0.1) is 0 Å². The predicted molar refractivity (Wildman–Crippen MR) is 150 cm³/mol. The molecule has 1 fully saturated rings. The van der Waals surface area contributed by atoms with Crippen LogP contribution in [0.1, 0.15) is 37.3 Å². The van der Waals surface area contributed by atoms with Crippen molar-refractivity contribution in [3.8, 4) is 5.75 Å². The van der Waals surface area contributed by atoms with E-state index in [-0.39, 0.29) is 22.4 Å². The smallest absolute Gasteiger partial charge is 0.338 e. The van der Waals surface area contributed by atoms with Crippen LogP contribution >= 0.6 is 0 Å². The Labute approximate surface area is 244 Å². The molecule has 0 saturated carbocycles. The third-order valence-electron chi connectivity index (χ3n) is 6.61. The maximum atomic E-state index is 13.2. The van der Waals surface area contributed by atoms with Crippen LogP contribution in [0.5, 0.6) is 5.75 Å². The van der Waals surface area contributed by atoms with E-state index < -0.39 is 60.3 Å². The number of hydrogen-bond donors (Lipinski definition) is 1. The van der Waals surface area contributed by atoms with Crippen molar-refractivity contribution in [2.75, 3.05) is 13.7 Å². The highest BCUT2D eigenvalue weighted by molar-refractivity contribution is 5.91. The van der Waals surface area contributed by atoms with E-state index in [2.05, 4.69) is 4.98 Å². The van der Waals surface area contributed by atoms with Crippen molar-refractivity contribution in [2.45, 2.75) is 24.5 Å². The van der Waals surface area contributed by atoms with Crippen LogP contribution < -0.4 is 16.0 Å². The van der Waals surface area contributed by atoms with Crippen molar-refractivity contribution in [3.63, 3.8) is 0 Å². The molecule has 0 spiro atoms. The fourth-order valence-electron chi connectivity index (χ4n) is 4.48. The summed E-state index contributed by atoms with van der Waals surface area (Å²) >= 11 is 0. The number of ether oxygens (including phenoxy) is 5. The molecule has 0 radical (unpaired) electrons. The lowest BCUT2D eigenvalue weighted by atomic mass is 10.1. The van der Waals surface area contributed by atoms with E-state index >= 15 is 0 Å². The van der Waals surface area contributed by atoms with Crippen LogP contribution in [-0.2, 0) is 18.9 Å². The Hall–Kier alpha value is -5.49. The summed E-state index contributed by atoms with van der Waals surface area (Å²) in [5, 5.41) is 0. The van der Waals surface area contributed by atoms with Gasteiger partial charge < -0.3 is 23.7 Å². The number of H-pyrrole nitrogens is 1. The Morgan fingerprint density at radius 2 is 1.23 bits per heavy atom. The Morgan fingerprint density at radius 3 is 1.74 bits per heavy atom. The van der Waals surface area contributed by atoms with Gasteiger partial charge in [-0.25, -0.2) is 19.2 Å². The second-order valence-electron chi connectivity index (χ2n) is 9.37. The lowest BCUT2D eigenvalue weighted by Gasteiger charge is -2.25. The van der Waals surface area contributed by atoms with Gasteiger partial charge in [0.2, 0.25) is 5.75 Å². The zero-order valence-electron chi connectivity index (χ0n) is 22.8. The summed E-state index contributed by atoms with van der Waals surface area (Å²) in [7, 11) is 1.23. The quantitative estimate of drug-likeness (QED) is 0.229. The fourth-order valence-corrected chi connectivity index (χ4v) is 4.48. The van der Waals surface area contributed by atoms with E-state index in [4.69, 9.17) is 23.7 Å². The number of methoxy groups -OCH3 is 1. The maximum Gasteiger partial charge on any atom is 0.338 e. The fraction of sp³-hybridized carbons (Fsp3) is 0.194. The molecule has 2 heterocycles. The normalized spacial score (nSPS) is 19.3. The number of nitrogens with one attached hydrogen (secondary N) is 1. The lowest BCUT2D eigenvalue weighted by Crippen LogP contribution is -2.43. The molecule has 4 atom stereocenters. The van der Waals surface area contributed by atoms with Gasteiger partial charge in [0.15, 0.2) is 18.4 Å². The van der Waals surface area contributed by atoms with Gasteiger partial charge in [-0.05, 0) is 36.4 Å². The number of benzene rings is 3. The van der Waals surface area contributed by atoms with Crippen molar-refractivity contribution in [2.24, 2.45) is 0 Å². The van der Waals surface area contributed by atoms with Gasteiger partial charge in [-0.3, -0.25) is 14.3 Å². The molecule has 1 N–H and O–H groups in total. The molecule has 12 heteroatoms. The van der Waals surface area contributed by atoms with Gasteiger partial charge in [-0.2, -0.15) is 0 Å². The number of carbonyl (C=O) groups excluding carboxylic acids is 3. The molecule has 43 heavy (non-hydrogen) atoms. The standard InChI is InChI=1S/C31H26N2O10/c1-39-22-17-33(31(38)32-26(22)34)27-25(43-30(37)21-15-9-4-10-16-21)24(42-29(36)20-13-7-3-8-14-20)23(41-27)18-40-28(35)19-11-5-2-6-12-19/h2-17,23-25,27H,18H2,1H3,(H,32,34,38)/t23-,24-,25-,27-/m1/s1. The number of aromatic nitrogens is 2. The number of rotatable bonds is 9. The number of carbonyl (C=O) groups is 3. The van der Waals surface area contributed by atoms with E-state index in [1.807, 2.05) is 0 Å². The van der Waals surface area contributed by atoms with Gasteiger partial charge in [-0.1, -0.05) is 54.6 Å². The van der Waals surface area contributed by atoms with Crippen molar-refractivity contribution in [3.05, 3.63) is 135 Å². The third kappa shape index (κ3) is 6.54. The highest BCUT2D eigenvalue weighted by Crippen LogP contribution is 2.35. The second kappa shape index (κ2) is 13.0. The summed E-state index contributed by atoms with van der Waals surface area (Å²) in [6.45, 7) is -0.439. The minimum atomic E-state index is -1.44. The van der Waals surface area contributed by atoms with E-state index in [0.717, 1.165) is 10.8 Å². The van der Waals surface area contributed by atoms with Crippen molar-refractivity contribution in [1.29, 1.82) is 0 Å². The molecule has 1 aliphatic heterocycles. The Kier molecular flexibility index (Phi) is 8.77. The Balaban J connectivity index is 1.53. The number of aromatic amines is 1. The van der Waals surface area contributed by atoms with Crippen LogP contribution in [0.25, 0.3) is 0 Å².